The first-order valence-electron chi connectivity index (χ1n) is 11.2. The number of benzene rings is 2. The van der Waals surface area contributed by atoms with E-state index < -0.39 is 0 Å². The van der Waals surface area contributed by atoms with Crippen LogP contribution in [0, 0.1) is 0 Å². The van der Waals surface area contributed by atoms with Gasteiger partial charge in [-0.15, -0.1) is 0 Å². The number of ether oxygens (including phenoxy) is 4. The second-order valence-electron chi connectivity index (χ2n) is 8.29. The Morgan fingerprint density at radius 1 is 1.09 bits per heavy atom. The van der Waals surface area contributed by atoms with Crippen LogP contribution >= 0.6 is 0 Å². The van der Waals surface area contributed by atoms with Crippen LogP contribution in [0.25, 0.3) is 0 Å². The van der Waals surface area contributed by atoms with Crippen molar-refractivity contribution in [3.8, 4) is 23.0 Å². The normalized spacial score (nSPS) is 18.2. The van der Waals surface area contributed by atoms with E-state index in [1.54, 1.807) is 19.1 Å². The summed E-state index contributed by atoms with van der Waals surface area (Å²) in [6.07, 6.45) is 2.98. The average Bonchev–Trinajstić information content (AvgIpc) is 3.14. The molecule has 1 amide bonds. The highest BCUT2D eigenvalue weighted by atomic mass is 16.5. The summed E-state index contributed by atoms with van der Waals surface area (Å²) in [5.74, 6) is 3.02. The highest BCUT2D eigenvalue weighted by Crippen LogP contribution is 2.38. The standard InChI is InChI=1S/C25H32N2O5/c1-26(16-19-7-4-9-22(29-2)25(19)30-3)24(28)17-27-12-5-8-20(27)18-10-11-21-23(15-18)32-14-6-13-31-21/h4,7,9-11,15,20H,5-6,8,12-14,16-17H2,1-3H3/t20-/m1/s1. The second kappa shape index (κ2) is 10.1. The molecule has 0 N–H and O–H groups in total. The lowest BCUT2D eigenvalue weighted by Gasteiger charge is -2.27. The van der Waals surface area contributed by atoms with Crippen molar-refractivity contribution >= 4 is 5.91 Å². The van der Waals surface area contributed by atoms with Gasteiger partial charge in [-0.05, 0) is 43.1 Å². The summed E-state index contributed by atoms with van der Waals surface area (Å²) in [7, 11) is 5.07. The van der Waals surface area contributed by atoms with Gasteiger partial charge in [0.05, 0.1) is 34.0 Å². The molecule has 2 aliphatic rings. The predicted molar refractivity (Wildman–Crippen MR) is 122 cm³/mol. The fraction of sp³-hybridized carbons (Fsp3) is 0.480. The Labute approximate surface area is 189 Å². The Kier molecular flexibility index (Phi) is 7.05. The van der Waals surface area contributed by atoms with E-state index in [0.717, 1.165) is 42.9 Å². The van der Waals surface area contributed by atoms with Crippen LogP contribution in [0.3, 0.4) is 0 Å². The molecule has 7 heteroatoms. The summed E-state index contributed by atoms with van der Waals surface area (Å²) in [5, 5.41) is 0. The summed E-state index contributed by atoms with van der Waals surface area (Å²) in [6.45, 7) is 3.09. The molecule has 0 unspecified atom stereocenters. The monoisotopic (exact) mass is 440 g/mol. The van der Waals surface area contributed by atoms with Crippen LogP contribution in [0.2, 0.25) is 0 Å². The highest BCUT2D eigenvalue weighted by Gasteiger charge is 2.29. The lowest BCUT2D eigenvalue weighted by molar-refractivity contribution is -0.131. The summed E-state index contributed by atoms with van der Waals surface area (Å²) in [4.78, 5) is 17.1. The third-order valence-corrected chi connectivity index (χ3v) is 6.18. The summed E-state index contributed by atoms with van der Waals surface area (Å²) in [5.41, 5.74) is 2.10. The van der Waals surface area contributed by atoms with E-state index in [1.165, 1.54) is 5.56 Å². The number of likely N-dealkylation sites (N-methyl/N-ethyl adjacent to an activating group) is 1. The Morgan fingerprint density at radius 3 is 2.69 bits per heavy atom. The van der Waals surface area contributed by atoms with Crippen molar-refractivity contribution in [2.24, 2.45) is 0 Å². The van der Waals surface area contributed by atoms with E-state index in [-0.39, 0.29) is 11.9 Å². The van der Waals surface area contributed by atoms with Crippen LogP contribution in [0.4, 0.5) is 0 Å². The van der Waals surface area contributed by atoms with Gasteiger partial charge in [-0.2, -0.15) is 0 Å². The first-order valence-corrected chi connectivity index (χ1v) is 11.2. The molecular weight excluding hydrogens is 408 g/mol. The molecular formula is C25H32N2O5. The van der Waals surface area contributed by atoms with Gasteiger partial charge in [0.2, 0.25) is 5.91 Å². The largest absolute Gasteiger partial charge is 0.493 e. The van der Waals surface area contributed by atoms with Gasteiger partial charge in [-0.1, -0.05) is 18.2 Å². The minimum absolute atomic E-state index is 0.0797. The average molecular weight is 441 g/mol. The lowest BCUT2D eigenvalue weighted by atomic mass is 10.0. The number of para-hydroxylation sites is 1. The van der Waals surface area contributed by atoms with E-state index >= 15 is 0 Å². The topological polar surface area (TPSA) is 60.5 Å². The molecule has 172 valence electrons. The van der Waals surface area contributed by atoms with Gasteiger partial charge in [0, 0.05) is 31.6 Å². The molecule has 0 saturated carbocycles. The minimum Gasteiger partial charge on any atom is -0.493 e. The number of hydrogen-bond acceptors (Lipinski definition) is 6. The second-order valence-corrected chi connectivity index (χ2v) is 8.29. The highest BCUT2D eigenvalue weighted by molar-refractivity contribution is 5.78. The van der Waals surface area contributed by atoms with E-state index in [1.807, 2.05) is 31.3 Å². The van der Waals surface area contributed by atoms with E-state index in [0.29, 0.717) is 37.8 Å². The van der Waals surface area contributed by atoms with Gasteiger partial charge in [-0.25, -0.2) is 0 Å². The van der Waals surface area contributed by atoms with Gasteiger partial charge < -0.3 is 23.8 Å². The number of methoxy groups -OCH3 is 2. The summed E-state index contributed by atoms with van der Waals surface area (Å²) in [6, 6.07) is 12.1. The third-order valence-electron chi connectivity index (χ3n) is 6.18. The molecule has 32 heavy (non-hydrogen) atoms. The van der Waals surface area contributed by atoms with Crippen LogP contribution in [-0.2, 0) is 11.3 Å². The van der Waals surface area contributed by atoms with Crippen molar-refractivity contribution in [1.29, 1.82) is 0 Å². The number of carbonyl (C=O) groups excluding carboxylic acids is 1. The lowest BCUT2D eigenvalue weighted by Crippen LogP contribution is -2.37. The van der Waals surface area contributed by atoms with Gasteiger partial charge in [0.1, 0.15) is 0 Å². The van der Waals surface area contributed by atoms with Crippen LogP contribution in [0.15, 0.2) is 36.4 Å². The summed E-state index contributed by atoms with van der Waals surface area (Å²) < 4.78 is 22.5. The quantitative estimate of drug-likeness (QED) is 0.655. The molecule has 2 aromatic carbocycles. The van der Waals surface area contributed by atoms with Gasteiger partial charge >= 0.3 is 0 Å². The third kappa shape index (κ3) is 4.78. The van der Waals surface area contributed by atoms with E-state index in [2.05, 4.69) is 17.0 Å². The predicted octanol–water partition coefficient (Wildman–Crippen LogP) is 3.66. The van der Waals surface area contributed by atoms with Crippen molar-refractivity contribution in [2.75, 3.05) is 47.6 Å². The number of likely N-dealkylation sites (tertiary alicyclic amines) is 1. The molecule has 1 fully saturated rings. The van der Waals surface area contributed by atoms with Crippen molar-refractivity contribution in [2.45, 2.75) is 31.8 Å². The Balaban J connectivity index is 1.43. The summed E-state index contributed by atoms with van der Waals surface area (Å²) >= 11 is 0. The smallest absolute Gasteiger partial charge is 0.236 e. The van der Waals surface area contributed by atoms with Crippen molar-refractivity contribution in [3.05, 3.63) is 47.5 Å². The maximum atomic E-state index is 13.1. The molecule has 1 atom stereocenters. The molecule has 7 nitrogen and oxygen atoms in total. The van der Waals surface area contributed by atoms with E-state index in [9.17, 15) is 4.79 Å². The van der Waals surface area contributed by atoms with Crippen LogP contribution in [0.5, 0.6) is 23.0 Å². The van der Waals surface area contributed by atoms with Gasteiger partial charge in [0.15, 0.2) is 23.0 Å². The molecule has 0 radical (unpaired) electrons. The van der Waals surface area contributed by atoms with Crippen molar-refractivity contribution in [3.63, 3.8) is 0 Å². The number of nitrogens with zero attached hydrogens (tertiary/aromatic N) is 2. The molecule has 2 heterocycles. The van der Waals surface area contributed by atoms with Crippen LogP contribution < -0.4 is 18.9 Å². The van der Waals surface area contributed by atoms with Gasteiger partial charge in [0.25, 0.3) is 0 Å². The molecule has 2 aromatic rings. The number of hydrogen-bond donors (Lipinski definition) is 0. The molecule has 0 aromatic heterocycles. The SMILES string of the molecule is COc1cccc(CN(C)C(=O)CN2CCC[C@@H]2c2ccc3c(c2)OCCCO3)c1OC. The Morgan fingerprint density at radius 2 is 1.91 bits per heavy atom. The van der Waals surface area contributed by atoms with E-state index in [4.69, 9.17) is 18.9 Å². The molecule has 0 aliphatic carbocycles. The maximum absolute atomic E-state index is 13.1. The van der Waals surface area contributed by atoms with Crippen molar-refractivity contribution in [1.82, 2.24) is 9.80 Å². The fourth-order valence-electron chi connectivity index (χ4n) is 4.50. The number of amides is 1. The van der Waals surface area contributed by atoms with Crippen molar-refractivity contribution < 1.29 is 23.7 Å². The van der Waals surface area contributed by atoms with Crippen LogP contribution in [-0.4, -0.2) is 63.3 Å². The maximum Gasteiger partial charge on any atom is 0.236 e. The first-order chi connectivity index (χ1) is 15.6. The number of rotatable bonds is 7. The molecule has 2 aliphatic heterocycles. The Hall–Kier alpha value is -2.93. The van der Waals surface area contributed by atoms with Crippen LogP contribution in [0.1, 0.15) is 36.4 Å². The molecule has 0 spiro atoms. The molecule has 4 rings (SSSR count). The zero-order valence-electron chi connectivity index (χ0n) is 19.1. The fourth-order valence-corrected chi connectivity index (χ4v) is 4.50. The first kappa shape index (κ1) is 22.3. The minimum atomic E-state index is 0.0797. The number of fused-ring (bicyclic) bond motifs is 1. The van der Waals surface area contributed by atoms with Gasteiger partial charge in [-0.3, -0.25) is 9.69 Å². The Bertz CT molecular complexity index is 948. The zero-order valence-corrected chi connectivity index (χ0v) is 19.1. The zero-order chi connectivity index (χ0) is 22.5. The molecule has 1 saturated heterocycles. The molecule has 0 bridgehead atoms. The number of carbonyl (C=O) groups is 1.